The van der Waals surface area contributed by atoms with Crippen molar-refractivity contribution in [1.82, 2.24) is 29.7 Å². The maximum absolute atomic E-state index is 12.7. The van der Waals surface area contributed by atoms with Crippen molar-refractivity contribution in [3.8, 4) is 0 Å². The van der Waals surface area contributed by atoms with Gasteiger partial charge in [-0.1, -0.05) is 30.3 Å². The first kappa shape index (κ1) is 37.6. The molecule has 0 bridgehead atoms. The first-order valence-corrected chi connectivity index (χ1v) is 17.3. The van der Waals surface area contributed by atoms with Crippen LogP contribution >= 0.6 is 0 Å². The van der Waals surface area contributed by atoms with Crippen molar-refractivity contribution in [2.24, 2.45) is 0 Å². The topological polar surface area (TPSA) is 138 Å². The molecule has 8 rings (SSSR count). The summed E-state index contributed by atoms with van der Waals surface area (Å²) in [6.45, 7) is 5.67. The predicted molar refractivity (Wildman–Crippen MR) is 194 cm³/mol. The second-order valence-electron chi connectivity index (χ2n) is 13.8. The second-order valence-corrected chi connectivity index (χ2v) is 13.8. The zero-order valence-electron chi connectivity index (χ0n) is 29.3. The van der Waals surface area contributed by atoms with E-state index in [0.717, 1.165) is 63.2 Å². The summed E-state index contributed by atoms with van der Waals surface area (Å²) in [6.07, 6.45) is -7.31. The minimum Gasteiger partial charge on any atom is -0.316 e. The number of H-pyrrole nitrogens is 4. The average Bonchev–Trinajstić information content (AvgIpc) is 3.13. The van der Waals surface area contributed by atoms with E-state index in [9.17, 15) is 45.5 Å². The summed E-state index contributed by atoms with van der Waals surface area (Å²) in [5.74, 6) is 0. The van der Waals surface area contributed by atoms with Crippen LogP contribution in [0.25, 0.3) is 22.1 Å². The number of nitrogens with zero attached hydrogens (tertiary/aromatic N) is 2. The summed E-state index contributed by atoms with van der Waals surface area (Å²) in [7, 11) is 0. The Labute approximate surface area is 307 Å². The molecule has 2 aromatic heterocycles. The monoisotopic (exact) mass is 764 g/mol. The van der Waals surface area contributed by atoms with Gasteiger partial charge in [0, 0.05) is 39.3 Å². The van der Waals surface area contributed by atoms with Crippen molar-refractivity contribution < 1.29 is 26.3 Å². The molecule has 4 aromatic carbocycles. The number of benzene rings is 4. The van der Waals surface area contributed by atoms with Gasteiger partial charge >= 0.3 is 34.6 Å². The Balaban J connectivity index is 0.000000169. The van der Waals surface area contributed by atoms with E-state index in [1.165, 1.54) is 24.3 Å². The number of hydrogen-bond acceptors (Lipinski definition) is 6. The van der Waals surface area contributed by atoms with Crippen molar-refractivity contribution in [2.45, 2.75) is 58.3 Å². The summed E-state index contributed by atoms with van der Waals surface area (Å²) in [4.78, 5) is 61.2. The van der Waals surface area contributed by atoms with Gasteiger partial charge in [-0.25, -0.2) is 0 Å². The van der Waals surface area contributed by atoms with Gasteiger partial charge in [-0.3, -0.25) is 29.0 Å². The molecule has 0 radical (unpaired) electrons. The van der Waals surface area contributed by atoms with E-state index in [0.29, 0.717) is 74.2 Å². The third kappa shape index (κ3) is 8.05. The van der Waals surface area contributed by atoms with Crippen LogP contribution < -0.4 is 22.2 Å². The van der Waals surface area contributed by atoms with Crippen LogP contribution in [0.4, 0.5) is 26.3 Å². The van der Waals surface area contributed by atoms with Gasteiger partial charge in [-0.2, -0.15) is 26.3 Å². The number of nitrogens with one attached hydrogen (secondary N) is 4. The Hall–Kier alpha value is -5.74. The molecular formula is C39H34F6N6O4. The van der Waals surface area contributed by atoms with Gasteiger partial charge in [0.1, 0.15) is 0 Å². The maximum atomic E-state index is 12.7. The summed E-state index contributed by atoms with van der Waals surface area (Å²) in [5.41, 5.74) is 5.22. The van der Waals surface area contributed by atoms with Gasteiger partial charge in [-0.05, 0) is 95.1 Å². The van der Waals surface area contributed by atoms with Gasteiger partial charge < -0.3 is 19.9 Å². The average molecular weight is 765 g/mol. The standard InChI is InChI=1S/C20H18F3N3O2.C19H16F3N3O2/c1-11-8-16-17(25-19(28)18(27)24-16)14-6-7-26(10-15(11)14)9-12-2-4-13(5-3-12)20(21,22)23;20-19(21,22)13-4-1-11(2-5-13)9-25-8-7-14-12(10-25)3-6-15-16(14)24-18(27)17(26)23-15/h2-5,8H,6-7,9-10H2,1H3,(H,24,27)(H,25,28);1-6H,7-10H2,(H,23,26)(H,24,27). The van der Waals surface area contributed by atoms with Crippen LogP contribution in [0.1, 0.15) is 50.1 Å². The van der Waals surface area contributed by atoms with Crippen molar-refractivity contribution in [3.05, 3.63) is 158 Å². The van der Waals surface area contributed by atoms with Gasteiger partial charge in [0.05, 0.1) is 33.2 Å². The van der Waals surface area contributed by atoms with E-state index in [1.807, 2.05) is 19.1 Å². The van der Waals surface area contributed by atoms with Crippen LogP contribution in [0.5, 0.6) is 0 Å². The zero-order valence-corrected chi connectivity index (χ0v) is 29.3. The third-order valence-corrected chi connectivity index (χ3v) is 10.1. The van der Waals surface area contributed by atoms with E-state index in [-0.39, 0.29) is 0 Å². The molecule has 16 heteroatoms. The van der Waals surface area contributed by atoms with Crippen LogP contribution in [0, 0.1) is 6.92 Å². The van der Waals surface area contributed by atoms with Gasteiger partial charge in [0.15, 0.2) is 0 Å². The highest BCUT2D eigenvalue weighted by molar-refractivity contribution is 5.81. The number of aromatic amines is 4. The molecule has 0 fully saturated rings. The lowest BCUT2D eigenvalue weighted by atomic mass is 9.93. The summed E-state index contributed by atoms with van der Waals surface area (Å²) < 4.78 is 76.1. The Morgan fingerprint density at radius 2 is 1.00 bits per heavy atom. The minimum atomic E-state index is -4.33. The molecule has 0 unspecified atom stereocenters. The molecule has 0 amide bonds. The maximum Gasteiger partial charge on any atom is 0.416 e. The first-order valence-electron chi connectivity index (χ1n) is 17.3. The largest absolute Gasteiger partial charge is 0.416 e. The smallest absolute Gasteiger partial charge is 0.316 e. The predicted octanol–water partition coefficient (Wildman–Crippen LogP) is 5.90. The molecule has 0 aliphatic carbocycles. The van der Waals surface area contributed by atoms with Gasteiger partial charge in [0.2, 0.25) is 0 Å². The van der Waals surface area contributed by atoms with E-state index >= 15 is 0 Å². The Morgan fingerprint density at radius 1 is 0.545 bits per heavy atom. The third-order valence-electron chi connectivity index (χ3n) is 10.1. The normalized spacial score (nSPS) is 15.0. The number of fused-ring (bicyclic) bond motifs is 6. The van der Waals surface area contributed by atoms with E-state index in [2.05, 4.69) is 29.7 Å². The van der Waals surface area contributed by atoms with Crippen LogP contribution in [-0.2, 0) is 51.4 Å². The molecule has 4 heterocycles. The fourth-order valence-corrected chi connectivity index (χ4v) is 7.28. The van der Waals surface area contributed by atoms with Crippen molar-refractivity contribution in [2.75, 3.05) is 13.1 Å². The SMILES string of the molecule is Cc1cc2[nH]c(=O)c(=O)[nH]c2c2c1CN(Cc1ccc(C(F)(F)F)cc1)CC2.O=c1[nH]c2ccc3c(c2[nH]c1=O)CCN(Cc1ccc(C(F)(F)F)cc1)C3. The summed E-state index contributed by atoms with van der Waals surface area (Å²) in [6, 6.07) is 15.9. The molecule has 0 spiro atoms. The molecule has 0 atom stereocenters. The lowest BCUT2D eigenvalue weighted by Crippen LogP contribution is -2.33. The Morgan fingerprint density at radius 3 is 1.53 bits per heavy atom. The fourth-order valence-electron chi connectivity index (χ4n) is 7.28. The Bertz CT molecular complexity index is 2640. The lowest BCUT2D eigenvalue weighted by Gasteiger charge is -2.30. The zero-order chi connectivity index (χ0) is 39.2. The molecule has 2 aliphatic heterocycles. The van der Waals surface area contributed by atoms with Gasteiger partial charge in [-0.15, -0.1) is 0 Å². The molecule has 286 valence electrons. The van der Waals surface area contributed by atoms with Gasteiger partial charge in [0.25, 0.3) is 0 Å². The van der Waals surface area contributed by atoms with Crippen molar-refractivity contribution >= 4 is 22.1 Å². The van der Waals surface area contributed by atoms with Crippen LogP contribution in [-0.4, -0.2) is 42.8 Å². The number of rotatable bonds is 4. The molecule has 55 heavy (non-hydrogen) atoms. The van der Waals surface area contributed by atoms with Crippen molar-refractivity contribution in [1.29, 1.82) is 0 Å². The highest BCUT2D eigenvalue weighted by atomic mass is 19.4. The second kappa shape index (κ2) is 14.5. The minimum absolute atomic E-state index is 0.539. The first-order chi connectivity index (χ1) is 26.0. The van der Waals surface area contributed by atoms with Crippen LogP contribution in [0.2, 0.25) is 0 Å². The highest BCUT2D eigenvalue weighted by Crippen LogP contribution is 2.32. The fraction of sp³-hybridized carbons (Fsp3) is 0.282. The summed E-state index contributed by atoms with van der Waals surface area (Å²) in [5, 5.41) is 0. The molecule has 0 saturated heterocycles. The van der Waals surface area contributed by atoms with Crippen LogP contribution in [0.15, 0.2) is 85.9 Å². The van der Waals surface area contributed by atoms with E-state index in [4.69, 9.17) is 0 Å². The molecule has 6 aromatic rings. The molecular weight excluding hydrogens is 730 g/mol. The lowest BCUT2D eigenvalue weighted by molar-refractivity contribution is -0.138. The summed E-state index contributed by atoms with van der Waals surface area (Å²) >= 11 is 0. The molecule has 0 saturated carbocycles. The van der Waals surface area contributed by atoms with E-state index in [1.54, 1.807) is 6.07 Å². The molecule has 10 nitrogen and oxygen atoms in total. The molecule has 2 aliphatic rings. The van der Waals surface area contributed by atoms with Crippen LogP contribution in [0.3, 0.4) is 0 Å². The number of aromatic nitrogens is 4. The molecule has 4 N–H and O–H groups in total. The number of halogens is 6. The Kier molecular flexibility index (Phi) is 9.90. The number of hydrogen-bond donors (Lipinski definition) is 4. The van der Waals surface area contributed by atoms with E-state index < -0.39 is 45.7 Å². The highest BCUT2D eigenvalue weighted by Gasteiger charge is 2.31. The van der Waals surface area contributed by atoms with Crippen molar-refractivity contribution in [3.63, 3.8) is 0 Å². The quantitative estimate of drug-likeness (QED) is 0.131. The number of alkyl halides is 6. The number of aryl methyl sites for hydroxylation is 1.